The van der Waals surface area contributed by atoms with E-state index in [4.69, 9.17) is 4.52 Å². The van der Waals surface area contributed by atoms with Crippen molar-refractivity contribution in [3.63, 3.8) is 0 Å². The number of aryl methyl sites for hydroxylation is 2. The number of aromatic hydroxyl groups is 1. The van der Waals surface area contributed by atoms with E-state index in [9.17, 15) is 5.11 Å². The number of hydrogen-bond donors (Lipinski definition) is 2. The zero-order chi connectivity index (χ0) is 14.1. The van der Waals surface area contributed by atoms with Crippen LogP contribution in [0.4, 0.5) is 5.13 Å². The lowest BCUT2D eigenvalue weighted by Gasteiger charge is -1.99. The van der Waals surface area contributed by atoms with Gasteiger partial charge in [-0.25, -0.2) is 4.98 Å². The predicted octanol–water partition coefficient (Wildman–Crippen LogP) is 3.05. The molecule has 2 heterocycles. The van der Waals surface area contributed by atoms with E-state index in [0.717, 1.165) is 16.8 Å². The van der Waals surface area contributed by atoms with E-state index in [1.807, 2.05) is 19.2 Å². The fourth-order valence-corrected chi connectivity index (χ4v) is 2.45. The van der Waals surface area contributed by atoms with Gasteiger partial charge in [-0.3, -0.25) is 5.43 Å². The lowest BCUT2D eigenvalue weighted by Crippen LogP contribution is -1.91. The highest BCUT2D eigenvalue weighted by Gasteiger charge is 2.11. The van der Waals surface area contributed by atoms with Crippen LogP contribution in [0.2, 0.25) is 0 Å². The number of benzene rings is 1. The second-order valence-corrected chi connectivity index (χ2v) is 5.17. The van der Waals surface area contributed by atoms with E-state index in [-0.39, 0.29) is 5.75 Å². The minimum absolute atomic E-state index is 0.0921. The summed E-state index contributed by atoms with van der Waals surface area (Å²) < 4.78 is 5.23. The Morgan fingerprint density at radius 3 is 3.00 bits per heavy atom. The molecule has 3 aromatic rings. The maximum atomic E-state index is 9.90. The number of nitrogens with zero attached hydrogens (tertiary/aromatic N) is 3. The molecule has 20 heavy (non-hydrogen) atoms. The number of rotatable bonds is 3. The Balaban J connectivity index is 1.91. The smallest absolute Gasteiger partial charge is 0.203 e. The molecule has 0 fully saturated rings. The van der Waals surface area contributed by atoms with Gasteiger partial charge in [0.15, 0.2) is 5.58 Å². The van der Waals surface area contributed by atoms with Gasteiger partial charge in [-0.1, -0.05) is 5.16 Å². The van der Waals surface area contributed by atoms with Crippen LogP contribution in [0.3, 0.4) is 0 Å². The van der Waals surface area contributed by atoms with Gasteiger partial charge in [0, 0.05) is 10.8 Å². The second kappa shape index (κ2) is 4.93. The van der Waals surface area contributed by atoms with Gasteiger partial charge in [0.25, 0.3) is 0 Å². The molecule has 0 saturated carbocycles. The molecule has 0 saturated heterocycles. The zero-order valence-electron chi connectivity index (χ0n) is 10.9. The van der Waals surface area contributed by atoms with Gasteiger partial charge in [0.05, 0.1) is 23.2 Å². The summed E-state index contributed by atoms with van der Waals surface area (Å²) in [6, 6.07) is 3.37. The molecule has 2 aromatic heterocycles. The third kappa shape index (κ3) is 2.23. The van der Waals surface area contributed by atoms with E-state index < -0.39 is 0 Å². The standard InChI is InChI=1S/C13H12N4O2S/c1-7-6-20-13(15-7)16-14-5-10-11(18)4-3-9-8(2)17-19-12(9)10/h3-6,18H,1-2H3,(H,15,16). The summed E-state index contributed by atoms with van der Waals surface area (Å²) in [6.07, 6.45) is 1.50. The Kier molecular flexibility index (Phi) is 3.11. The van der Waals surface area contributed by atoms with Crippen LogP contribution in [0.5, 0.6) is 5.75 Å². The summed E-state index contributed by atoms with van der Waals surface area (Å²) in [6.45, 7) is 3.76. The number of thiazole rings is 1. The molecule has 102 valence electrons. The summed E-state index contributed by atoms with van der Waals surface area (Å²) in [5, 5.41) is 21.3. The Hall–Kier alpha value is -2.41. The highest BCUT2D eigenvalue weighted by Crippen LogP contribution is 2.27. The van der Waals surface area contributed by atoms with Crippen molar-refractivity contribution in [1.82, 2.24) is 10.1 Å². The van der Waals surface area contributed by atoms with E-state index in [2.05, 4.69) is 20.7 Å². The lowest BCUT2D eigenvalue weighted by molar-refractivity contribution is 0.443. The number of phenolic OH excluding ortho intramolecular Hbond substituents is 1. The molecule has 7 heteroatoms. The van der Waals surface area contributed by atoms with Crippen LogP contribution in [0.25, 0.3) is 11.0 Å². The molecular weight excluding hydrogens is 276 g/mol. The summed E-state index contributed by atoms with van der Waals surface area (Å²) in [4.78, 5) is 4.23. The first-order valence-corrected chi connectivity index (χ1v) is 6.82. The summed E-state index contributed by atoms with van der Waals surface area (Å²) in [7, 11) is 0. The van der Waals surface area contributed by atoms with Crippen LogP contribution in [-0.2, 0) is 0 Å². The third-order valence-corrected chi connectivity index (χ3v) is 3.67. The first kappa shape index (κ1) is 12.6. The molecule has 0 aliphatic rings. The quantitative estimate of drug-likeness (QED) is 0.571. The van der Waals surface area contributed by atoms with Crippen molar-refractivity contribution in [2.24, 2.45) is 5.10 Å². The van der Waals surface area contributed by atoms with Gasteiger partial charge in [-0.2, -0.15) is 5.10 Å². The highest BCUT2D eigenvalue weighted by atomic mass is 32.1. The van der Waals surface area contributed by atoms with Crippen molar-refractivity contribution in [2.75, 3.05) is 5.43 Å². The fraction of sp³-hybridized carbons (Fsp3) is 0.154. The number of fused-ring (bicyclic) bond motifs is 1. The number of anilines is 1. The molecule has 6 nitrogen and oxygen atoms in total. The van der Waals surface area contributed by atoms with Gasteiger partial charge < -0.3 is 9.63 Å². The van der Waals surface area contributed by atoms with Gasteiger partial charge in [-0.15, -0.1) is 11.3 Å². The maximum Gasteiger partial charge on any atom is 0.203 e. The van der Waals surface area contributed by atoms with Crippen LogP contribution in [0.1, 0.15) is 17.0 Å². The number of hydrogen-bond acceptors (Lipinski definition) is 7. The van der Waals surface area contributed by atoms with Crippen LogP contribution in [0, 0.1) is 13.8 Å². The molecule has 0 aliphatic heterocycles. The molecule has 0 radical (unpaired) electrons. The third-order valence-electron chi connectivity index (χ3n) is 2.81. The van der Waals surface area contributed by atoms with Crippen LogP contribution in [-0.4, -0.2) is 21.5 Å². The molecule has 0 aliphatic carbocycles. The minimum atomic E-state index is 0.0921. The average Bonchev–Trinajstić information content (AvgIpc) is 2.99. The van der Waals surface area contributed by atoms with Gasteiger partial charge in [0.2, 0.25) is 5.13 Å². The van der Waals surface area contributed by atoms with Crippen LogP contribution in [0.15, 0.2) is 27.1 Å². The predicted molar refractivity (Wildman–Crippen MR) is 78.5 cm³/mol. The Bertz CT molecular complexity index is 791. The monoisotopic (exact) mass is 288 g/mol. The zero-order valence-corrected chi connectivity index (χ0v) is 11.7. The molecule has 0 bridgehead atoms. The first-order valence-electron chi connectivity index (χ1n) is 5.94. The molecule has 2 N–H and O–H groups in total. The SMILES string of the molecule is Cc1csc(NN=Cc2c(O)ccc3c(C)noc23)n1. The first-order chi connectivity index (χ1) is 9.65. The van der Waals surface area contributed by atoms with E-state index in [1.54, 1.807) is 12.1 Å². The van der Waals surface area contributed by atoms with Gasteiger partial charge in [0.1, 0.15) is 5.75 Å². The van der Waals surface area contributed by atoms with Crippen molar-refractivity contribution >= 4 is 33.7 Å². The number of aromatic nitrogens is 2. The molecule has 0 amide bonds. The number of hydrazone groups is 1. The van der Waals surface area contributed by atoms with Crippen molar-refractivity contribution in [3.8, 4) is 5.75 Å². The molecule has 0 unspecified atom stereocenters. The fourth-order valence-electron chi connectivity index (χ4n) is 1.82. The van der Waals surface area contributed by atoms with E-state index >= 15 is 0 Å². The molecule has 1 aromatic carbocycles. The minimum Gasteiger partial charge on any atom is -0.507 e. The van der Waals surface area contributed by atoms with Crippen LogP contribution >= 0.6 is 11.3 Å². The number of phenols is 1. The van der Waals surface area contributed by atoms with E-state index in [1.165, 1.54) is 17.6 Å². The molecular formula is C13H12N4O2S. The van der Waals surface area contributed by atoms with Gasteiger partial charge >= 0.3 is 0 Å². The summed E-state index contributed by atoms with van der Waals surface area (Å²) >= 11 is 1.46. The Morgan fingerprint density at radius 1 is 1.40 bits per heavy atom. The van der Waals surface area contributed by atoms with Crippen molar-refractivity contribution in [2.45, 2.75) is 13.8 Å². The topological polar surface area (TPSA) is 83.5 Å². The second-order valence-electron chi connectivity index (χ2n) is 4.31. The molecule has 3 rings (SSSR count). The van der Waals surface area contributed by atoms with E-state index in [0.29, 0.717) is 16.3 Å². The largest absolute Gasteiger partial charge is 0.507 e. The Morgan fingerprint density at radius 2 is 2.25 bits per heavy atom. The Labute approximate surface area is 118 Å². The normalized spacial score (nSPS) is 11.5. The highest BCUT2D eigenvalue weighted by molar-refractivity contribution is 7.13. The van der Waals surface area contributed by atoms with Crippen LogP contribution < -0.4 is 5.43 Å². The van der Waals surface area contributed by atoms with Crippen molar-refractivity contribution < 1.29 is 9.63 Å². The van der Waals surface area contributed by atoms with Gasteiger partial charge in [-0.05, 0) is 26.0 Å². The molecule has 0 spiro atoms. The maximum absolute atomic E-state index is 9.90. The molecule has 0 atom stereocenters. The van der Waals surface area contributed by atoms with Crippen molar-refractivity contribution in [3.05, 3.63) is 34.5 Å². The number of nitrogens with one attached hydrogen (secondary N) is 1. The summed E-state index contributed by atoms with van der Waals surface area (Å²) in [5.74, 6) is 0.0921. The summed E-state index contributed by atoms with van der Waals surface area (Å²) in [5.41, 5.74) is 5.53. The lowest BCUT2D eigenvalue weighted by atomic mass is 10.1. The van der Waals surface area contributed by atoms with Crippen molar-refractivity contribution in [1.29, 1.82) is 0 Å². The average molecular weight is 288 g/mol.